The Morgan fingerprint density at radius 1 is 1.22 bits per heavy atom. The zero-order chi connectivity index (χ0) is 25.1. The smallest absolute Gasteiger partial charge is 0.323 e. The molecule has 0 aromatic heterocycles. The Kier molecular flexibility index (Phi) is 7.08. The van der Waals surface area contributed by atoms with Gasteiger partial charge in [0.05, 0.1) is 31.0 Å². The summed E-state index contributed by atoms with van der Waals surface area (Å²) >= 11 is 6.60. The quantitative estimate of drug-likeness (QED) is 0.550. The standard InChI is InChI=1S/C25H28ClN7O3/c1-35-19-4-2-3-17(12-19)30-25(34)31-22-6-5-16(11-21(22)26)20-13-18(14-32-7-9-36-10-8-32)33-23(20)24(27)28-15-29-33/h2-6,11-13,15,20,23H,7-10,14H2,1H3,(H2,27,28,29)(H2,30,31,34). The van der Waals surface area contributed by atoms with Gasteiger partial charge in [0, 0.05) is 43.0 Å². The van der Waals surface area contributed by atoms with Crippen LogP contribution in [-0.4, -0.2) is 74.1 Å². The van der Waals surface area contributed by atoms with Gasteiger partial charge < -0.3 is 25.8 Å². The lowest BCUT2D eigenvalue weighted by molar-refractivity contribution is 0.0393. The molecule has 4 N–H and O–H groups in total. The van der Waals surface area contributed by atoms with Crippen molar-refractivity contribution in [2.24, 2.45) is 15.8 Å². The number of nitrogens with zero attached hydrogens (tertiary/aromatic N) is 4. The number of rotatable bonds is 6. The number of nitrogens with one attached hydrogen (secondary N) is 2. The second kappa shape index (κ2) is 10.6. The third-order valence-corrected chi connectivity index (χ3v) is 6.71. The van der Waals surface area contributed by atoms with Crippen LogP contribution in [-0.2, 0) is 4.74 Å². The van der Waals surface area contributed by atoms with E-state index in [9.17, 15) is 4.79 Å². The number of anilines is 2. The number of aliphatic imine (C=N–C) groups is 1. The van der Waals surface area contributed by atoms with Gasteiger partial charge in [-0.15, -0.1) is 0 Å². The molecule has 2 aromatic carbocycles. The first kappa shape index (κ1) is 24.1. The van der Waals surface area contributed by atoms with Crippen molar-refractivity contribution in [3.8, 4) is 5.75 Å². The Bertz CT molecular complexity index is 1230. The minimum Gasteiger partial charge on any atom is -0.497 e. The summed E-state index contributed by atoms with van der Waals surface area (Å²) in [5, 5.41) is 12.5. The predicted octanol–water partition coefficient (Wildman–Crippen LogP) is 3.29. The second-order valence-corrected chi connectivity index (χ2v) is 9.10. The van der Waals surface area contributed by atoms with E-state index >= 15 is 0 Å². The van der Waals surface area contributed by atoms with Crippen LogP contribution >= 0.6 is 11.6 Å². The van der Waals surface area contributed by atoms with Gasteiger partial charge in [-0.2, -0.15) is 5.10 Å². The summed E-state index contributed by atoms with van der Waals surface area (Å²) in [4.78, 5) is 19.1. The predicted molar refractivity (Wildman–Crippen MR) is 141 cm³/mol. The fraction of sp³-hybridized carbons (Fsp3) is 0.320. The molecule has 3 heterocycles. The number of hydrogen-bond donors (Lipinski definition) is 3. The molecule has 2 unspecified atom stereocenters. The van der Waals surface area contributed by atoms with E-state index in [1.165, 1.54) is 6.34 Å². The summed E-state index contributed by atoms with van der Waals surface area (Å²) in [5.74, 6) is 1.07. The lowest BCUT2D eigenvalue weighted by atomic mass is 9.92. The number of amidine groups is 1. The molecule has 5 rings (SSSR count). The molecule has 1 saturated heterocycles. The maximum atomic E-state index is 12.5. The number of morpholine rings is 1. The highest BCUT2D eigenvalue weighted by molar-refractivity contribution is 6.33. The fourth-order valence-corrected chi connectivity index (χ4v) is 4.84. The van der Waals surface area contributed by atoms with Crippen molar-refractivity contribution in [1.29, 1.82) is 0 Å². The van der Waals surface area contributed by atoms with Crippen molar-refractivity contribution in [2.75, 3.05) is 50.6 Å². The van der Waals surface area contributed by atoms with Gasteiger partial charge in [-0.25, -0.2) is 9.79 Å². The molecular weight excluding hydrogens is 482 g/mol. The molecule has 2 atom stereocenters. The van der Waals surface area contributed by atoms with Gasteiger partial charge in [0.2, 0.25) is 0 Å². The first-order valence-corrected chi connectivity index (χ1v) is 12.1. The summed E-state index contributed by atoms with van der Waals surface area (Å²) in [6.07, 6.45) is 3.67. The Morgan fingerprint density at radius 3 is 2.83 bits per heavy atom. The third-order valence-electron chi connectivity index (χ3n) is 6.40. The number of hydrazone groups is 1. The first-order chi connectivity index (χ1) is 17.5. The number of halogens is 1. The number of carbonyl (C=O) groups is 1. The molecular formula is C25H28ClN7O3. The molecule has 2 aromatic rings. The summed E-state index contributed by atoms with van der Waals surface area (Å²) in [5.41, 5.74) is 9.44. The first-order valence-electron chi connectivity index (χ1n) is 11.7. The largest absolute Gasteiger partial charge is 0.497 e. The molecule has 10 nitrogen and oxygen atoms in total. The average molecular weight is 510 g/mol. The van der Waals surface area contributed by atoms with Crippen molar-refractivity contribution >= 4 is 41.2 Å². The van der Waals surface area contributed by atoms with Gasteiger partial charge in [0.15, 0.2) is 0 Å². The van der Waals surface area contributed by atoms with Crippen molar-refractivity contribution in [1.82, 2.24) is 9.91 Å². The highest BCUT2D eigenvalue weighted by Gasteiger charge is 2.40. The van der Waals surface area contributed by atoms with Crippen LogP contribution in [0.5, 0.6) is 5.75 Å². The summed E-state index contributed by atoms with van der Waals surface area (Å²) in [6.45, 7) is 3.94. The number of carbonyl (C=O) groups excluding carboxylic acids is 1. The number of fused-ring (bicyclic) bond motifs is 1. The number of ether oxygens (including phenoxy) is 2. The number of methoxy groups -OCH3 is 1. The van der Waals surface area contributed by atoms with Crippen molar-refractivity contribution < 1.29 is 14.3 Å². The molecule has 0 radical (unpaired) electrons. The Morgan fingerprint density at radius 2 is 2.06 bits per heavy atom. The molecule has 188 valence electrons. The molecule has 3 aliphatic rings. The van der Waals surface area contributed by atoms with Crippen LogP contribution in [0.4, 0.5) is 16.2 Å². The van der Waals surface area contributed by atoms with E-state index in [1.54, 1.807) is 37.4 Å². The van der Waals surface area contributed by atoms with Gasteiger partial charge in [0.1, 0.15) is 24.0 Å². The molecule has 36 heavy (non-hydrogen) atoms. The zero-order valence-electron chi connectivity index (χ0n) is 19.9. The topological polar surface area (TPSA) is 117 Å². The lowest BCUT2D eigenvalue weighted by Gasteiger charge is -2.32. The molecule has 3 aliphatic heterocycles. The van der Waals surface area contributed by atoms with Gasteiger partial charge in [-0.3, -0.25) is 9.91 Å². The lowest BCUT2D eigenvalue weighted by Crippen LogP contribution is -2.45. The van der Waals surface area contributed by atoms with Crippen LogP contribution in [0.1, 0.15) is 11.5 Å². The minimum atomic E-state index is -0.407. The maximum Gasteiger partial charge on any atom is 0.323 e. The zero-order valence-corrected chi connectivity index (χ0v) is 20.6. The van der Waals surface area contributed by atoms with Crippen LogP contribution < -0.4 is 21.1 Å². The highest BCUT2D eigenvalue weighted by atomic mass is 35.5. The van der Waals surface area contributed by atoms with E-state index in [-0.39, 0.29) is 12.0 Å². The van der Waals surface area contributed by atoms with Crippen molar-refractivity contribution in [3.63, 3.8) is 0 Å². The summed E-state index contributed by atoms with van der Waals surface area (Å²) in [7, 11) is 1.57. The summed E-state index contributed by atoms with van der Waals surface area (Å²) in [6, 6.07) is 12.1. The van der Waals surface area contributed by atoms with E-state index < -0.39 is 6.03 Å². The van der Waals surface area contributed by atoms with E-state index in [0.717, 1.165) is 44.1 Å². The number of urea groups is 1. The molecule has 2 amide bonds. The number of amides is 2. The number of hydrogen-bond acceptors (Lipinski definition) is 8. The van der Waals surface area contributed by atoms with Crippen molar-refractivity contribution in [3.05, 3.63) is 64.8 Å². The van der Waals surface area contributed by atoms with E-state index in [0.29, 0.717) is 28.0 Å². The van der Waals surface area contributed by atoms with E-state index in [1.807, 2.05) is 17.1 Å². The third kappa shape index (κ3) is 5.15. The maximum absolute atomic E-state index is 12.5. The van der Waals surface area contributed by atoms with Gasteiger partial charge >= 0.3 is 6.03 Å². The van der Waals surface area contributed by atoms with Crippen molar-refractivity contribution in [2.45, 2.75) is 12.0 Å². The normalized spacial score (nSPS) is 21.4. The second-order valence-electron chi connectivity index (χ2n) is 8.70. The van der Waals surface area contributed by atoms with Crippen LogP contribution in [0.15, 0.2) is 64.3 Å². The number of nitrogens with two attached hydrogens (primary N) is 1. The van der Waals surface area contributed by atoms with E-state index in [4.69, 9.17) is 26.8 Å². The van der Waals surface area contributed by atoms with E-state index in [2.05, 4.69) is 31.7 Å². The Hall–Kier alpha value is -3.60. The highest BCUT2D eigenvalue weighted by Crippen LogP contribution is 2.39. The molecule has 0 bridgehead atoms. The average Bonchev–Trinajstić information content (AvgIpc) is 3.25. The SMILES string of the molecule is COc1cccc(NC(=O)Nc2ccc(C3C=C(CN4CCOCC4)N4N=CN=C(N)C34)cc2Cl)c1. The monoisotopic (exact) mass is 509 g/mol. The van der Waals surface area contributed by atoms with Gasteiger partial charge in [-0.05, 0) is 29.8 Å². The molecule has 1 fully saturated rings. The Labute approximate surface area is 214 Å². The fourth-order valence-electron chi connectivity index (χ4n) is 4.60. The van der Waals surface area contributed by atoms with Crippen LogP contribution in [0.2, 0.25) is 5.02 Å². The Balaban J connectivity index is 1.32. The van der Waals surface area contributed by atoms with Gasteiger partial charge in [0.25, 0.3) is 0 Å². The minimum absolute atomic E-state index is 0.0839. The van der Waals surface area contributed by atoms with Crippen LogP contribution in [0, 0.1) is 0 Å². The molecule has 11 heteroatoms. The van der Waals surface area contributed by atoms with Gasteiger partial charge in [-0.1, -0.05) is 29.8 Å². The van der Waals surface area contributed by atoms with Crippen LogP contribution in [0.3, 0.4) is 0 Å². The molecule has 0 spiro atoms. The van der Waals surface area contributed by atoms with Crippen LogP contribution in [0.25, 0.3) is 0 Å². The number of benzene rings is 2. The summed E-state index contributed by atoms with van der Waals surface area (Å²) < 4.78 is 10.7. The molecule has 0 aliphatic carbocycles. The molecule has 0 saturated carbocycles.